The molecule has 0 fully saturated rings. The first-order valence-electron chi connectivity index (χ1n) is 7.30. The van der Waals surface area contributed by atoms with Crippen LogP contribution in [0.2, 0.25) is 0 Å². The van der Waals surface area contributed by atoms with Gasteiger partial charge in [0.15, 0.2) is 0 Å². The lowest BCUT2D eigenvalue weighted by Crippen LogP contribution is -2.26. The van der Waals surface area contributed by atoms with Gasteiger partial charge in [0.25, 0.3) is 0 Å². The maximum Gasteiger partial charge on any atom is 0.335 e. The summed E-state index contributed by atoms with van der Waals surface area (Å²) >= 11 is 4.27. The third-order valence-corrected chi connectivity index (χ3v) is 3.95. The van der Waals surface area contributed by atoms with E-state index < -0.39 is 5.97 Å². The molecule has 0 bridgehead atoms. The summed E-state index contributed by atoms with van der Waals surface area (Å²) in [6, 6.07) is 14.5. The first kappa shape index (κ1) is 17.1. The van der Waals surface area contributed by atoms with Crippen molar-refractivity contribution in [3.63, 3.8) is 0 Å². The summed E-state index contributed by atoms with van der Waals surface area (Å²) in [4.78, 5) is 23.5. The average molecular weight is 329 g/mol. The van der Waals surface area contributed by atoms with Gasteiger partial charge in [-0.25, -0.2) is 4.79 Å². The van der Waals surface area contributed by atoms with Crippen LogP contribution >= 0.6 is 12.6 Å². The Kier molecular flexibility index (Phi) is 5.82. The van der Waals surface area contributed by atoms with E-state index in [1.165, 1.54) is 6.07 Å². The Balaban J connectivity index is 2.12. The van der Waals surface area contributed by atoms with Crippen LogP contribution in [0.4, 0.5) is 5.69 Å². The Bertz CT molecular complexity index is 701. The van der Waals surface area contributed by atoms with Crippen molar-refractivity contribution < 1.29 is 14.7 Å². The number of carboxylic acids is 1. The number of hydrogen-bond acceptors (Lipinski definition) is 3. The molecule has 23 heavy (non-hydrogen) atoms. The molecule has 0 aliphatic rings. The Morgan fingerprint density at radius 1 is 1.17 bits per heavy atom. The van der Waals surface area contributed by atoms with Crippen LogP contribution in [-0.2, 0) is 11.2 Å². The summed E-state index contributed by atoms with van der Waals surface area (Å²) in [6.45, 7) is 1.79. The van der Waals surface area contributed by atoms with Crippen LogP contribution in [0.25, 0.3) is 0 Å². The number of anilines is 1. The molecule has 1 atom stereocenters. The molecule has 120 valence electrons. The molecule has 0 aliphatic heterocycles. The van der Waals surface area contributed by atoms with Crippen molar-refractivity contribution in [2.75, 3.05) is 11.1 Å². The molecular weight excluding hydrogens is 310 g/mol. The van der Waals surface area contributed by atoms with E-state index in [1.807, 2.05) is 30.3 Å². The number of benzene rings is 2. The van der Waals surface area contributed by atoms with Gasteiger partial charge in [-0.05, 0) is 42.7 Å². The van der Waals surface area contributed by atoms with Crippen LogP contribution in [0.1, 0.15) is 21.5 Å². The molecule has 1 amide bonds. The van der Waals surface area contributed by atoms with Gasteiger partial charge in [-0.1, -0.05) is 30.3 Å². The average Bonchev–Trinajstić information content (AvgIpc) is 2.52. The van der Waals surface area contributed by atoms with E-state index in [-0.39, 0.29) is 17.4 Å². The Hall–Kier alpha value is -2.27. The second kappa shape index (κ2) is 7.83. The minimum Gasteiger partial charge on any atom is -0.478 e. The van der Waals surface area contributed by atoms with E-state index in [9.17, 15) is 9.59 Å². The van der Waals surface area contributed by atoms with Crippen molar-refractivity contribution in [3.05, 3.63) is 65.2 Å². The topological polar surface area (TPSA) is 66.4 Å². The van der Waals surface area contributed by atoms with E-state index in [2.05, 4.69) is 17.9 Å². The van der Waals surface area contributed by atoms with Crippen LogP contribution < -0.4 is 5.32 Å². The molecule has 0 aromatic heterocycles. The standard InChI is InChI=1S/C18H19NO3S/c1-12-7-14(18(21)22)10-16(8-12)19-17(20)15(11-23)9-13-5-3-2-4-6-13/h2-8,10,15,23H,9,11H2,1H3,(H,19,20)(H,21,22)/t15-/m0/s1. The molecule has 0 unspecified atom stereocenters. The van der Waals surface area contributed by atoms with Crippen molar-refractivity contribution in [1.29, 1.82) is 0 Å². The van der Waals surface area contributed by atoms with Crippen LogP contribution in [0.5, 0.6) is 0 Å². The minimum absolute atomic E-state index is 0.158. The lowest BCUT2D eigenvalue weighted by Gasteiger charge is -2.15. The van der Waals surface area contributed by atoms with Crippen LogP contribution in [-0.4, -0.2) is 22.7 Å². The van der Waals surface area contributed by atoms with Crippen molar-refractivity contribution in [3.8, 4) is 0 Å². The quantitative estimate of drug-likeness (QED) is 0.712. The van der Waals surface area contributed by atoms with E-state index in [0.717, 1.165) is 11.1 Å². The highest BCUT2D eigenvalue weighted by molar-refractivity contribution is 7.80. The second-order valence-corrected chi connectivity index (χ2v) is 5.82. The zero-order valence-electron chi connectivity index (χ0n) is 12.8. The van der Waals surface area contributed by atoms with Crippen molar-refractivity contribution in [2.45, 2.75) is 13.3 Å². The lowest BCUT2D eigenvalue weighted by atomic mass is 10.00. The maximum absolute atomic E-state index is 12.4. The monoisotopic (exact) mass is 329 g/mol. The van der Waals surface area contributed by atoms with Gasteiger partial charge >= 0.3 is 5.97 Å². The van der Waals surface area contributed by atoms with Crippen LogP contribution in [0, 0.1) is 12.8 Å². The number of thiol groups is 1. The smallest absolute Gasteiger partial charge is 0.335 e. The molecule has 0 aliphatic carbocycles. The molecule has 2 aromatic rings. The van der Waals surface area contributed by atoms with E-state index in [1.54, 1.807) is 19.1 Å². The molecule has 0 saturated heterocycles. The normalized spacial score (nSPS) is 11.7. The van der Waals surface area contributed by atoms with Gasteiger partial charge in [-0.2, -0.15) is 12.6 Å². The van der Waals surface area contributed by atoms with Crippen molar-refractivity contribution >= 4 is 30.2 Å². The predicted octanol–water partition coefficient (Wildman–Crippen LogP) is 3.42. The summed E-state index contributed by atoms with van der Waals surface area (Å²) in [5, 5.41) is 11.9. The summed E-state index contributed by atoms with van der Waals surface area (Å²) in [5.41, 5.74) is 2.50. The zero-order valence-corrected chi connectivity index (χ0v) is 13.7. The van der Waals surface area contributed by atoms with Gasteiger partial charge < -0.3 is 10.4 Å². The highest BCUT2D eigenvalue weighted by Crippen LogP contribution is 2.18. The van der Waals surface area contributed by atoms with Crippen molar-refractivity contribution in [2.24, 2.45) is 5.92 Å². The largest absolute Gasteiger partial charge is 0.478 e. The second-order valence-electron chi connectivity index (χ2n) is 5.45. The molecule has 0 heterocycles. The number of hydrogen-bond donors (Lipinski definition) is 3. The van der Waals surface area contributed by atoms with E-state index in [0.29, 0.717) is 17.9 Å². The van der Waals surface area contributed by atoms with E-state index in [4.69, 9.17) is 5.11 Å². The molecule has 0 saturated carbocycles. The number of aryl methyl sites for hydroxylation is 1. The van der Waals surface area contributed by atoms with Crippen LogP contribution in [0.3, 0.4) is 0 Å². The Labute approximate surface area is 141 Å². The van der Waals surface area contributed by atoms with Gasteiger partial charge in [-0.3, -0.25) is 4.79 Å². The van der Waals surface area contributed by atoms with Gasteiger partial charge in [0.1, 0.15) is 0 Å². The van der Waals surface area contributed by atoms with Gasteiger partial charge in [0.05, 0.1) is 11.5 Å². The Morgan fingerprint density at radius 2 is 1.87 bits per heavy atom. The summed E-state index contributed by atoms with van der Waals surface area (Å²) in [5.74, 6) is -1.04. The van der Waals surface area contributed by atoms with Gasteiger partial charge in [0.2, 0.25) is 5.91 Å². The Morgan fingerprint density at radius 3 is 2.48 bits per heavy atom. The number of aromatic carboxylic acids is 1. The number of carbonyl (C=O) groups is 2. The number of carbonyl (C=O) groups excluding carboxylic acids is 1. The highest BCUT2D eigenvalue weighted by atomic mass is 32.1. The highest BCUT2D eigenvalue weighted by Gasteiger charge is 2.18. The third-order valence-electron chi connectivity index (χ3n) is 3.51. The summed E-state index contributed by atoms with van der Waals surface area (Å²) in [7, 11) is 0. The van der Waals surface area contributed by atoms with Gasteiger partial charge in [0, 0.05) is 11.4 Å². The summed E-state index contributed by atoms with van der Waals surface area (Å²) in [6.07, 6.45) is 0.591. The fourth-order valence-corrected chi connectivity index (χ4v) is 2.66. The van der Waals surface area contributed by atoms with E-state index >= 15 is 0 Å². The predicted molar refractivity (Wildman–Crippen MR) is 94.3 cm³/mol. The molecule has 2 rings (SSSR count). The number of amides is 1. The SMILES string of the molecule is Cc1cc(NC(=O)[C@H](CS)Cc2ccccc2)cc(C(=O)O)c1. The first-order chi connectivity index (χ1) is 11.0. The summed E-state index contributed by atoms with van der Waals surface area (Å²) < 4.78 is 0. The molecule has 2 N–H and O–H groups in total. The molecule has 4 nitrogen and oxygen atoms in total. The molecule has 2 aromatic carbocycles. The minimum atomic E-state index is -1.01. The zero-order chi connectivity index (χ0) is 16.8. The number of rotatable bonds is 6. The fraction of sp³-hybridized carbons (Fsp3) is 0.222. The molecular formula is C18H19NO3S. The maximum atomic E-state index is 12.4. The molecule has 5 heteroatoms. The third kappa shape index (κ3) is 4.86. The number of nitrogens with one attached hydrogen (secondary N) is 1. The lowest BCUT2D eigenvalue weighted by molar-refractivity contribution is -0.119. The molecule has 0 spiro atoms. The first-order valence-corrected chi connectivity index (χ1v) is 7.93. The van der Waals surface area contributed by atoms with Crippen molar-refractivity contribution in [1.82, 2.24) is 0 Å². The van der Waals surface area contributed by atoms with Crippen LogP contribution in [0.15, 0.2) is 48.5 Å². The number of carboxylic acid groups (broad SMARTS) is 1. The fourth-order valence-electron chi connectivity index (χ4n) is 2.36. The molecule has 0 radical (unpaired) electrons. The van der Waals surface area contributed by atoms with Gasteiger partial charge in [-0.15, -0.1) is 0 Å².